The topological polar surface area (TPSA) is 88.9 Å². The van der Waals surface area contributed by atoms with Gasteiger partial charge in [-0.15, -0.1) is 0 Å². The number of nitrogens with zero attached hydrogens (tertiary/aromatic N) is 3. The van der Waals surface area contributed by atoms with Crippen LogP contribution in [0.5, 0.6) is 23.1 Å². The van der Waals surface area contributed by atoms with E-state index in [1.54, 1.807) is 6.07 Å². The fourth-order valence-electron chi connectivity index (χ4n) is 2.53. The predicted octanol–water partition coefficient (Wildman–Crippen LogP) is 4.58. The van der Waals surface area contributed by atoms with Gasteiger partial charge in [-0.25, -0.2) is 14.4 Å². The summed E-state index contributed by atoms with van der Waals surface area (Å²) in [7, 11) is 1.43. The first-order valence-corrected chi connectivity index (χ1v) is 8.13. The average molecular weight is 387 g/mol. The number of ether oxygens (including phenoxy) is 2. The Bertz CT molecular complexity index is 1070. The molecule has 0 saturated carbocycles. The summed E-state index contributed by atoms with van der Waals surface area (Å²) in [5.41, 5.74) is 0.928. The van der Waals surface area contributed by atoms with E-state index in [1.165, 1.54) is 43.9 Å². The molecule has 7 nitrogen and oxygen atoms in total. The molecule has 2 heterocycles. The van der Waals surface area contributed by atoms with Gasteiger partial charge < -0.3 is 19.9 Å². The maximum atomic E-state index is 14.2. The van der Waals surface area contributed by atoms with Crippen molar-refractivity contribution in [2.24, 2.45) is 4.99 Å². The Balaban J connectivity index is 1.76. The quantitative estimate of drug-likeness (QED) is 0.535. The van der Waals surface area contributed by atoms with E-state index in [9.17, 15) is 9.50 Å². The standard InChI is InChI=1S/C18H12ClFN4O3/c1-26-14-6-13-9(5-12(14)25)7-21-16-17(22-8-23-18(16)27-13)24-11-4-2-3-10(19)15(11)20/h2-8,25H,1H3,(H,22,23,24). The van der Waals surface area contributed by atoms with Gasteiger partial charge >= 0.3 is 0 Å². The van der Waals surface area contributed by atoms with Crippen molar-refractivity contribution in [1.29, 1.82) is 0 Å². The molecule has 0 radical (unpaired) electrons. The molecule has 136 valence electrons. The molecular formula is C18H12ClFN4O3. The zero-order valence-corrected chi connectivity index (χ0v) is 14.7. The molecule has 0 amide bonds. The third kappa shape index (κ3) is 3.11. The van der Waals surface area contributed by atoms with Crippen LogP contribution in [-0.2, 0) is 0 Å². The smallest absolute Gasteiger partial charge is 0.250 e. The van der Waals surface area contributed by atoms with Gasteiger partial charge in [0.25, 0.3) is 5.88 Å². The minimum absolute atomic E-state index is 0.0186. The molecule has 2 N–H and O–H groups in total. The zero-order chi connectivity index (χ0) is 19.0. The van der Waals surface area contributed by atoms with Gasteiger partial charge in [0.15, 0.2) is 28.8 Å². The number of aliphatic imine (C=N–C) groups is 1. The number of rotatable bonds is 3. The van der Waals surface area contributed by atoms with Crippen LogP contribution in [-0.4, -0.2) is 28.4 Å². The first kappa shape index (κ1) is 17.0. The monoisotopic (exact) mass is 386 g/mol. The molecule has 3 aromatic rings. The Morgan fingerprint density at radius 1 is 1.26 bits per heavy atom. The third-order valence-electron chi connectivity index (χ3n) is 3.84. The molecule has 0 spiro atoms. The zero-order valence-electron chi connectivity index (χ0n) is 13.9. The number of hydrogen-bond donors (Lipinski definition) is 2. The Hall–Kier alpha value is -3.39. The number of aromatic nitrogens is 2. The Labute approximate surface area is 158 Å². The minimum atomic E-state index is -0.608. The predicted molar refractivity (Wildman–Crippen MR) is 98.7 cm³/mol. The van der Waals surface area contributed by atoms with Crippen molar-refractivity contribution in [3.05, 3.63) is 53.1 Å². The lowest BCUT2D eigenvalue weighted by molar-refractivity contribution is 0.369. The number of phenolic OH excluding ortho intramolecular Hbond substituents is 1. The van der Waals surface area contributed by atoms with Crippen molar-refractivity contribution in [1.82, 2.24) is 9.97 Å². The maximum Gasteiger partial charge on any atom is 0.250 e. The highest BCUT2D eigenvalue weighted by Crippen LogP contribution is 2.42. The summed E-state index contributed by atoms with van der Waals surface area (Å²) in [4.78, 5) is 12.5. The maximum absolute atomic E-state index is 14.2. The van der Waals surface area contributed by atoms with Crippen LogP contribution in [0.25, 0.3) is 0 Å². The van der Waals surface area contributed by atoms with Crippen molar-refractivity contribution in [3.63, 3.8) is 0 Å². The van der Waals surface area contributed by atoms with Gasteiger partial charge in [0.2, 0.25) is 0 Å². The lowest BCUT2D eigenvalue weighted by Gasteiger charge is -2.12. The van der Waals surface area contributed by atoms with Crippen molar-refractivity contribution in [2.45, 2.75) is 0 Å². The fourth-order valence-corrected chi connectivity index (χ4v) is 2.70. The summed E-state index contributed by atoms with van der Waals surface area (Å²) < 4.78 is 25.1. The normalized spacial score (nSPS) is 11.8. The molecule has 0 unspecified atom stereocenters. The van der Waals surface area contributed by atoms with Crippen LogP contribution in [0.1, 0.15) is 5.56 Å². The largest absolute Gasteiger partial charge is 0.504 e. The van der Waals surface area contributed by atoms with Crippen LogP contribution in [0.4, 0.5) is 21.6 Å². The molecule has 1 aliphatic rings. The van der Waals surface area contributed by atoms with Crippen LogP contribution in [0.3, 0.4) is 0 Å². The second-order valence-electron chi connectivity index (χ2n) is 5.52. The second-order valence-corrected chi connectivity index (χ2v) is 5.93. The molecule has 4 rings (SSSR count). The number of benzene rings is 2. The number of halogens is 2. The van der Waals surface area contributed by atoms with Gasteiger partial charge in [-0.3, -0.25) is 0 Å². The highest BCUT2D eigenvalue weighted by atomic mass is 35.5. The van der Waals surface area contributed by atoms with E-state index in [2.05, 4.69) is 20.3 Å². The van der Waals surface area contributed by atoms with Gasteiger partial charge in [-0.2, -0.15) is 4.98 Å². The van der Waals surface area contributed by atoms with Gasteiger partial charge in [0, 0.05) is 17.8 Å². The van der Waals surface area contributed by atoms with Crippen molar-refractivity contribution in [2.75, 3.05) is 12.4 Å². The molecule has 1 aromatic heterocycles. The van der Waals surface area contributed by atoms with Crippen LogP contribution >= 0.6 is 11.6 Å². The Kier molecular flexibility index (Phi) is 4.25. The summed E-state index contributed by atoms with van der Waals surface area (Å²) in [6.45, 7) is 0. The van der Waals surface area contributed by atoms with E-state index >= 15 is 0 Å². The first-order valence-electron chi connectivity index (χ1n) is 7.76. The SMILES string of the molecule is COc1cc2c(cc1O)C=Nc1c(Nc3cccc(Cl)c3F)ncnc1O2. The number of fused-ring (bicyclic) bond motifs is 2. The van der Waals surface area contributed by atoms with E-state index in [0.29, 0.717) is 11.3 Å². The van der Waals surface area contributed by atoms with E-state index < -0.39 is 5.82 Å². The number of nitrogens with one attached hydrogen (secondary N) is 1. The van der Waals surface area contributed by atoms with Crippen molar-refractivity contribution >= 4 is 35.0 Å². The van der Waals surface area contributed by atoms with Gasteiger partial charge in [0.05, 0.1) is 17.8 Å². The van der Waals surface area contributed by atoms with Crippen LogP contribution in [0.2, 0.25) is 5.02 Å². The lowest BCUT2D eigenvalue weighted by atomic mass is 10.2. The summed E-state index contributed by atoms with van der Waals surface area (Å²) in [5.74, 6) is 0.384. The molecular weight excluding hydrogens is 375 g/mol. The molecule has 0 atom stereocenters. The molecule has 27 heavy (non-hydrogen) atoms. The molecule has 0 bridgehead atoms. The van der Waals surface area contributed by atoms with E-state index in [4.69, 9.17) is 21.1 Å². The summed E-state index contributed by atoms with van der Waals surface area (Å²) >= 11 is 5.82. The van der Waals surface area contributed by atoms with Gasteiger partial charge in [-0.1, -0.05) is 17.7 Å². The van der Waals surface area contributed by atoms with E-state index in [0.717, 1.165) is 0 Å². The first-order chi connectivity index (χ1) is 13.1. The lowest BCUT2D eigenvalue weighted by Crippen LogP contribution is -1.99. The Morgan fingerprint density at radius 3 is 2.93 bits per heavy atom. The van der Waals surface area contributed by atoms with E-state index in [1.807, 2.05) is 0 Å². The molecule has 0 aliphatic carbocycles. The molecule has 1 aliphatic heterocycles. The van der Waals surface area contributed by atoms with Crippen LogP contribution in [0.15, 0.2) is 41.7 Å². The summed E-state index contributed by atoms with van der Waals surface area (Å²) in [6, 6.07) is 7.56. The van der Waals surface area contributed by atoms with Crippen molar-refractivity contribution < 1.29 is 19.0 Å². The summed E-state index contributed by atoms with van der Waals surface area (Å²) in [5, 5.41) is 12.8. The number of aromatic hydroxyl groups is 1. The number of methoxy groups -OCH3 is 1. The highest BCUT2D eigenvalue weighted by molar-refractivity contribution is 6.31. The second kappa shape index (κ2) is 6.73. The number of phenols is 1. The van der Waals surface area contributed by atoms with Gasteiger partial charge in [0.1, 0.15) is 12.1 Å². The van der Waals surface area contributed by atoms with Crippen LogP contribution < -0.4 is 14.8 Å². The number of anilines is 2. The van der Waals surface area contributed by atoms with Crippen LogP contribution in [0, 0.1) is 5.82 Å². The van der Waals surface area contributed by atoms with E-state index in [-0.39, 0.29) is 39.6 Å². The molecule has 0 fully saturated rings. The Morgan fingerprint density at radius 2 is 2.11 bits per heavy atom. The minimum Gasteiger partial charge on any atom is -0.504 e. The molecule has 9 heteroatoms. The molecule has 0 saturated heterocycles. The van der Waals surface area contributed by atoms with Gasteiger partial charge in [-0.05, 0) is 18.2 Å². The van der Waals surface area contributed by atoms with Crippen molar-refractivity contribution in [3.8, 4) is 23.1 Å². The highest BCUT2D eigenvalue weighted by Gasteiger charge is 2.20. The third-order valence-corrected chi connectivity index (χ3v) is 4.14. The fraction of sp³-hybridized carbons (Fsp3) is 0.0556. The molecule has 2 aromatic carbocycles. The number of hydrogen-bond acceptors (Lipinski definition) is 7. The average Bonchev–Trinajstić information content (AvgIpc) is 2.84. The summed E-state index contributed by atoms with van der Waals surface area (Å²) in [6.07, 6.45) is 2.75.